The number of nitrogens with one attached hydrogen (secondary N) is 1. The summed E-state index contributed by atoms with van der Waals surface area (Å²) in [5.74, 6) is 0.0694. The van der Waals surface area contributed by atoms with Crippen LogP contribution in [0.2, 0.25) is 0 Å². The van der Waals surface area contributed by atoms with Gasteiger partial charge in [-0.25, -0.2) is 5.48 Å². The summed E-state index contributed by atoms with van der Waals surface area (Å²) in [6.07, 6.45) is 0. The fourth-order valence-electron chi connectivity index (χ4n) is 0.160. The van der Waals surface area contributed by atoms with Crippen molar-refractivity contribution in [2.75, 3.05) is 0 Å². The first-order chi connectivity index (χ1) is 2.89. The molecule has 0 amide bonds. The van der Waals surface area contributed by atoms with Crippen molar-refractivity contribution in [1.82, 2.24) is 5.48 Å². The van der Waals surface area contributed by atoms with Crippen molar-refractivity contribution in [3.63, 3.8) is 0 Å². The smallest absolute Gasteiger partial charge is 0.218 e. The van der Waals surface area contributed by atoms with Gasteiger partial charge in [0.25, 0.3) is 0 Å². The van der Waals surface area contributed by atoms with E-state index in [1.165, 1.54) is 5.41 Å². The third-order valence-electron chi connectivity index (χ3n) is 0.354. The Morgan fingerprint density at radius 1 is 2.00 bits per heavy atom. The SMILES string of the molecule is OC1=CSON1. The topological polar surface area (TPSA) is 41.5 Å². The van der Waals surface area contributed by atoms with Gasteiger partial charge in [-0.1, -0.05) is 0 Å². The highest BCUT2D eigenvalue weighted by Crippen LogP contribution is 2.10. The van der Waals surface area contributed by atoms with Crippen LogP contribution >= 0.6 is 12.0 Å². The lowest BCUT2D eigenvalue weighted by atomic mass is 11.0. The maximum Gasteiger partial charge on any atom is 0.218 e. The maximum absolute atomic E-state index is 8.33. The molecule has 1 aliphatic rings. The minimum Gasteiger partial charge on any atom is -0.493 e. The maximum atomic E-state index is 8.33. The minimum absolute atomic E-state index is 0.0694. The number of hydroxylamine groups is 1. The highest BCUT2D eigenvalue weighted by atomic mass is 32.2. The number of aliphatic hydroxyl groups is 1. The van der Waals surface area contributed by atoms with Crippen molar-refractivity contribution in [3.05, 3.63) is 11.3 Å². The zero-order valence-corrected chi connectivity index (χ0v) is 3.66. The van der Waals surface area contributed by atoms with Crippen LogP contribution in [0.3, 0.4) is 0 Å². The Labute approximate surface area is 39.2 Å². The normalized spacial score (nSPS) is 19.7. The van der Waals surface area contributed by atoms with Gasteiger partial charge in [0.15, 0.2) is 0 Å². The third kappa shape index (κ3) is 0.580. The van der Waals surface area contributed by atoms with Gasteiger partial charge in [-0.05, 0) is 0 Å². The number of hydrogen-bond donors (Lipinski definition) is 2. The van der Waals surface area contributed by atoms with Crippen molar-refractivity contribution >= 4 is 12.0 Å². The summed E-state index contributed by atoms with van der Waals surface area (Å²) in [5.41, 5.74) is 2.20. The van der Waals surface area contributed by atoms with Crippen molar-refractivity contribution in [3.8, 4) is 0 Å². The lowest BCUT2D eigenvalue weighted by Gasteiger charge is -1.85. The second-order valence-corrected chi connectivity index (χ2v) is 1.38. The summed E-state index contributed by atoms with van der Waals surface area (Å²) < 4.78 is 4.38. The van der Waals surface area contributed by atoms with Crippen LogP contribution in [0.4, 0.5) is 0 Å². The summed E-state index contributed by atoms with van der Waals surface area (Å²) in [4.78, 5) is 0. The Balaban J connectivity index is 2.45. The van der Waals surface area contributed by atoms with Crippen LogP contribution < -0.4 is 5.48 Å². The van der Waals surface area contributed by atoms with E-state index in [2.05, 4.69) is 9.76 Å². The van der Waals surface area contributed by atoms with E-state index in [1.807, 2.05) is 0 Å². The van der Waals surface area contributed by atoms with Crippen molar-refractivity contribution in [2.24, 2.45) is 0 Å². The van der Waals surface area contributed by atoms with Crippen LogP contribution in [-0.4, -0.2) is 5.11 Å². The van der Waals surface area contributed by atoms with Crippen LogP contribution in [0.15, 0.2) is 11.3 Å². The van der Waals surface area contributed by atoms with E-state index < -0.39 is 0 Å². The molecule has 1 aliphatic heterocycles. The standard InChI is InChI=1S/C2H3NO2S/c4-2-1-6-5-3-2/h1,3-4H. The molecule has 0 aromatic heterocycles. The van der Waals surface area contributed by atoms with Gasteiger partial charge in [-0.2, -0.15) is 4.28 Å². The fourth-order valence-corrected chi connectivity index (χ4v) is 0.481. The van der Waals surface area contributed by atoms with Gasteiger partial charge in [0.1, 0.15) is 0 Å². The lowest BCUT2D eigenvalue weighted by Crippen LogP contribution is -2.01. The quantitative estimate of drug-likeness (QED) is 0.441. The first-order valence-electron chi connectivity index (χ1n) is 1.37. The Morgan fingerprint density at radius 2 is 2.83 bits per heavy atom. The Bertz CT molecular complexity index is 81.6. The van der Waals surface area contributed by atoms with Crippen LogP contribution in [0.1, 0.15) is 0 Å². The number of hydrogen-bond acceptors (Lipinski definition) is 4. The van der Waals surface area contributed by atoms with Gasteiger partial charge in [0, 0.05) is 0 Å². The summed E-state index contributed by atoms with van der Waals surface area (Å²) in [7, 11) is 0. The molecule has 4 heteroatoms. The predicted octanol–water partition coefficient (Wildman–Crippen LogP) is 0.526. The highest BCUT2D eigenvalue weighted by molar-refractivity contribution is 7.97. The van der Waals surface area contributed by atoms with Gasteiger partial charge < -0.3 is 5.11 Å². The summed E-state index contributed by atoms with van der Waals surface area (Å²) in [6, 6.07) is 0. The first-order valence-corrected chi connectivity index (χ1v) is 2.17. The molecule has 0 fully saturated rings. The van der Waals surface area contributed by atoms with Gasteiger partial charge in [-0.3, -0.25) is 0 Å². The van der Waals surface area contributed by atoms with E-state index in [-0.39, 0.29) is 5.88 Å². The predicted molar refractivity (Wildman–Crippen MR) is 22.5 cm³/mol. The van der Waals surface area contributed by atoms with Crippen LogP contribution in [0.5, 0.6) is 0 Å². The fraction of sp³-hybridized carbons (Fsp3) is 0. The molecule has 34 valence electrons. The van der Waals surface area contributed by atoms with E-state index in [0.717, 1.165) is 12.0 Å². The molecule has 1 rings (SSSR count). The molecular formula is C2H3NO2S. The molecule has 0 spiro atoms. The van der Waals surface area contributed by atoms with Crippen molar-refractivity contribution in [1.29, 1.82) is 0 Å². The molecule has 0 bridgehead atoms. The van der Waals surface area contributed by atoms with E-state index in [4.69, 9.17) is 5.11 Å². The molecule has 0 aromatic carbocycles. The van der Waals surface area contributed by atoms with Gasteiger partial charge in [0.2, 0.25) is 5.88 Å². The largest absolute Gasteiger partial charge is 0.493 e. The second kappa shape index (κ2) is 1.40. The molecule has 0 aromatic rings. The molecule has 3 nitrogen and oxygen atoms in total. The van der Waals surface area contributed by atoms with E-state index in [1.54, 1.807) is 0 Å². The zero-order chi connectivity index (χ0) is 4.41. The average molecular weight is 105 g/mol. The monoisotopic (exact) mass is 105 g/mol. The van der Waals surface area contributed by atoms with Gasteiger partial charge in [-0.15, -0.1) is 0 Å². The molecule has 1 heterocycles. The van der Waals surface area contributed by atoms with E-state index >= 15 is 0 Å². The lowest BCUT2D eigenvalue weighted by molar-refractivity contribution is 0.209. The van der Waals surface area contributed by atoms with Crippen molar-refractivity contribution < 1.29 is 9.39 Å². The zero-order valence-electron chi connectivity index (χ0n) is 2.84. The molecule has 0 atom stereocenters. The molecule has 0 aliphatic carbocycles. The Hall–Kier alpha value is -0.350. The molecule has 0 saturated carbocycles. The average Bonchev–Trinajstić information content (AvgIpc) is 1.86. The second-order valence-electron chi connectivity index (χ2n) is 0.785. The Kier molecular flexibility index (Phi) is 0.894. The first kappa shape index (κ1) is 3.83. The van der Waals surface area contributed by atoms with Crippen molar-refractivity contribution in [2.45, 2.75) is 0 Å². The molecule has 2 N–H and O–H groups in total. The number of rotatable bonds is 0. The van der Waals surface area contributed by atoms with E-state index in [9.17, 15) is 0 Å². The molecule has 6 heavy (non-hydrogen) atoms. The molecule has 0 saturated heterocycles. The highest BCUT2D eigenvalue weighted by Gasteiger charge is 1.97. The van der Waals surface area contributed by atoms with Gasteiger partial charge in [0.05, 0.1) is 17.5 Å². The molecule has 0 unspecified atom stereocenters. The van der Waals surface area contributed by atoms with Crippen LogP contribution in [0.25, 0.3) is 0 Å². The number of aliphatic hydroxyl groups excluding tert-OH is 1. The van der Waals surface area contributed by atoms with Crippen LogP contribution in [0, 0.1) is 0 Å². The molecular weight excluding hydrogens is 102 g/mol. The van der Waals surface area contributed by atoms with E-state index in [0.29, 0.717) is 0 Å². The summed E-state index contributed by atoms with van der Waals surface area (Å²) in [6.45, 7) is 0. The van der Waals surface area contributed by atoms with Crippen LogP contribution in [-0.2, 0) is 4.28 Å². The molecule has 0 radical (unpaired) electrons. The third-order valence-corrected chi connectivity index (χ3v) is 0.853. The summed E-state index contributed by atoms with van der Waals surface area (Å²) >= 11 is 1.06. The van der Waals surface area contributed by atoms with Gasteiger partial charge >= 0.3 is 0 Å². The minimum atomic E-state index is 0.0694. The Morgan fingerprint density at radius 3 is 3.00 bits per heavy atom. The summed E-state index contributed by atoms with van der Waals surface area (Å²) in [5, 5.41) is 9.79.